The highest BCUT2D eigenvalue weighted by Crippen LogP contribution is 2.16. The second-order valence-electron chi connectivity index (χ2n) is 5.18. The summed E-state index contributed by atoms with van der Waals surface area (Å²) in [5.41, 5.74) is 1.26. The van der Waals surface area contributed by atoms with E-state index < -0.39 is 5.76 Å². The molecule has 8 nitrogen and oxygen atoms in total. The minimum absolute atomic E-state index is 0.0332. The molecule has 0 saturated carbocycles. The maximum atomic E-state index is 13.0. The van der Waals surface area contributed by atoms with Crippen LogP contribution in [0.4, 0.5) is 4.39 Å². The van der Waals surface area contributed by atoms with Gasteiger partial charge in [0.1, 0.15) is 12.4 Å². The summed E-state index contributed by atoms with van der Waals surface area (Å²) in [5.74, 6) is -0.509. The van der Waals surface area contributed by atoms with Gasteiger partial charge in [-0.3, -0.25) is 0 Å². The molecule has 0 aliphatic carbocycles. The van der Waals surface area contributed by atoms with Gasteiger partial charge in [-0.05, 0) is 46.8 Å². The van der Waals surface area contributed by atoms with E-state index in [0.717, 1.165) is 10.4 Å². The third-order valence-corrected chi connectivity index (χ3v) is 3.52. The monoisotopic (exact) mass is 338 g/mol. The molecule has 4 aromatic rings. The SMILES string of the molecule is O=c1oc(-c2ccc(F)cc2)nn1Cc1nnnn1-c1ccccc1. The number of hydrogen-bond donors (Lipinski definition) is 0. The van der Waals surface area contributed by atoms with Gasteiger partial charge in [0.25, 0.3) is 0 Å². The highest BCUT2D eigenvalue weighted by Gasteiger charge is 2.15. The Bertz CT molecular complexity index is 1050. The molecule has 0 aliphatic rings. The molecule has 0 fully saturated rings. The zero-order valence-corrected chi connectivity index (χ0v) is 12.8. The molecule has 124 valence electrons. The van der Waals surface area contributed by atoms with Crippen molar-refractivity contribution in [2.24, 2.45) is 0 Å². The molecule has 2 aromatic carbocycles. The normalized spacial score (nSPS) is 10.9. The van der Waals surface area contributed by atoms with Crippen LogP contribution in [0.25, 0.3) is 17.1 Å². The molecule has 25 heavy (non-hydrogen) atoms. The second-order valence-corrected chi connectivity index (χ2v) is 5.18. The Balaban J connectivity index is 1.66. The summed E-state index contributed by atoms with van der Waals surface area (Å²) >= 11 is 0. The van der Waals surface area contributed by atoms with Gasteiger partial charge >= 0.3 is 5.76 Å². The summed E-state index contributed by atoms with van der Waals surface area (Å²) in [5, 5.41) is 15.6. The minimum atomic E-state index is -0.651. The van der Waals surface area contributed by atoms with Crippen molar-refractivity contribution in [3.63, 3.8) is 0 Å². The van der Waals surface area contributed by atoms with Crippen molar-refractivity contribution < 1.29 is 8.81 Å². The Kier molecular flexibility index (Phi) is 3.65. The number of aromatic nitrogens is 6. The van der Waals surface area contributed by atoms with Crippen LogP contribution in [0.5, 0.6) is 0 Å². The molecule has 0 amide bonds. The van der Waals surface area contributed by atoms with Crippen molar-refractivity contribution >= 4 is 0 Å². The van der Waals surface area contributed by atoms with E-state index in [1.807, 2.05) is 30.3 Å². The average Bonchev–Trinajstić information content (AvgIpc) is 3.24. The van der Waals surface area contributed by atoms with Crippen LogP contribution in [0, 0.1) is 5.82 Å². The van der Waals surface area contributed by atoms with E-state index in [4.69, 9.17) is 4.42 Å². The van der Waals surface area contributed by atoms with E-state index in [2.05, 4.69) is 20.6 Å². The number of nitrogens with zero attached hydrogens (tertiary/aromatic N) is 6. The second kappa shape index (κ2) is 6.11. The van der Waals surface area contributed by atoms with E-state index in [1.165, 1.54) is 28.9 Å². The van der Waals surface area contributed by atoms with Crippen molar-refractivity contribution in [2.75, 3.05) is 0 Å². The number of para-hydroxylation sites is 1. The minimum Gasteiger partial charge on any atom is -0.388 e. The van der Waals surface area contributed by atoms with Crippen molar-refractivity contribution in [3.05, 3.63) is 76.8 Å². The lowest BCUT2D eigenvalue weighted by atomic mass is 10.2. The lowest BCUT2D eigenvalue weighted by molar-refractivity contribution is 0.489. The first-order valence-corrected chi connectivity index (χ1v) is 7.37. The van der Waals surface area contributed by atoms with E-state index in [1.54, 1.807) is 0 Å². The third kappa shape index (κ3) is 2.94. The van der Waals surface area contributed by atoms with E-state index in [9.17, 15) is 9.18 Å². The van der Waals surface area contributed by atoms with E-state index in [0.29, 0.717) is 11.4 Å². The fraction of sp³-hybridized carbons (Fsp3) is 0.0625. The van der Waals surface area contributed by atoms with Crippen LogP contribution in [0.3, 0.4) is 0 Å². The van der Waals surface area contributed by atoms with Gasteiger partial charge in [0.05, 0.1) is 5.69 Å². The summed E-state index contributed by atoms with van der Waals surface area (Å²) in [4.78, 5) is 12.0. The lowest BCUT2D eigenvalue weighted by Gasteiger charge is -2.03. The largest absolute Gasteiger partial charge is 0.437 e. The molecule has 0 atom stereocenters. The van der Waals surface area contributed by atoms with Crippen molar-refractivity contribution in [3.8, 4) is 17.1 Å². The molecule has 4 rings (SSSR count). The average molecular weight is 338 g/mol. The molecule has 0 spiro atoms. The fourth-order valence-electron chi connectivity index (χ4n) is 2.32. The van der Waals surface area contributed by atoms with Gasteiger partial charge in [-0.2, -0.15) is 9.36 Å². The maximum Gasteiger partial charge on any atom is 0.437 e. The molecule has 0 radical (unpaired) electrons. The lowest BCUT2D eigenvalue weighted by Crippen LogP contribution is -2.19. The zero-order chi connectivity index (χ0) is 17.2. The summed E-state index contributed by atoms with van der Waals surface area (Å²) in [6.45, 7) is 0.0332. The van der Waals surface area contributed by atoms with Crippen LogP contribution >= 0.6 is 0 Å². The predicted octanol–water partition coefficient (Wildman–Crippen LogP) is 1.67. The molecular weight excluding hydrogens is 327 g/mol. The highest BCUT2D eigenvalue weighted by atomic mass is 19.1. The molecule has 2 aromatic heterocycles. The number of hydrogen-bond acceptors (Lipinski definition) is 6. The van der Waals surface area contributed by atoms with Gasteiger partial charge in [0.15, 0.2) is 5.82 Å². The third-order valence-electron chi connectivity index (χ3n) is 3.52. The molecule has 0 aliphatic heterocycles. The van der Waals surface area contributed by atoms with Crippen LogP contribution in [-0.4, -0.2) is 30.0 Å². The van der Waals surface area contributed by atoms with Gasteiger partial charge in [-0.25, -0.2) is 9.18 Å². The number of benzene rings is 2. The van der Waals surface area contributed by atoms with Crippen LogP contribution in [0.2, 0.25) is 0 Å². The first-order valence-electron chi connectivity index (χ1n) is 7.37. The first kappa shape index (κ1) is 14.9. The predicted molar refractivity (Wildman–Crippen MR) is 84.4 cm³/mol. The van der Waals surface area contributed by atoms with Crippen molar-refractivity contribution in [2.45, 2.75) is 6.54 Å². The standard InChI is InChI=1S/C16H11FN6O2/c17-12-8-6-11(7-9-12)15-19-22(16(24)25-15)10-14-18-20-21-23(14)13-4-2-1-3-5-13/h1-9H,10H2. The van der Waals surface area contributed by atoms with Crippen molar-refractivity contribution in [1.82, 2.24) is 30.0 Å². The smallest absolute Gasteiger partial charge is 0.388 e. The molecule has 0 N–H and O–H groups in total. The van der Waals surface area contributed by atoms with Crippen LogP contribution in [0.1, 0.15) is 5.82 Å². The summed E-state index contributed by atoms with van der Waals surface area (Å²) < 4.78 is 20.8. The molecule has 0 bridgehead atoms. The van der Waals surface area contributed by atoms with Gasteiger partial charge in [0.2, 0.25) is 5.89 Å². The Morgan fingerprint density at radius 1 is 1.04 bits per heavy atom. The number of tetrazole rings is 1. The number of rotatable bonds is 4. The zero-order valence-electron chi connectivity index (χ0n) is 12.8. The Morgan fingerprint density at radius 3 is 2.56 bits per heavy atom. The molecule has 0 unspecified atom stereocenters. The maximum absolute atomic E-state index is 13.0. The van der Waals surface area contributed by atoms with Gasteiger partial charge < -0.3 is 4.42 Å². The van der Waals surface area contributed by atoms with E-state index in [-0.39, 0.29) is 18.3 Å². The molecule has 9 heteroatoms. The fourth-order valence-corrected chi connectivity index (χ4v) is 2.32. The summed E-state index contributed by atoms with van der Waals surface area (Å²) in [6.07, 6.45) is 0. The molecular formula is C16H11FN6O2. The van der Waals surface area contributed by atoms with Gasteiger partial charge in [-0.15, -0.1) is 10.2 Å². The van der Waals surface area contributed by atoms with Crippen LogP contribution < -0.4 is 5.76 Å². The quantitative estimate of drug-likeness (QED) is 0.562. The summed E-state index contributed by atoms with van der Waals surface area (Å²) in [6, 6.07) is 14.8. The van der Waals surface area contributed by atoms with Gasteiger partial charge in [0, 0.05) is 5.56 Å². The molecule has 2 heterocycles. The van der Waals surface area contributed by atoms with Crippen LogP contribution in [0.15, 0.2) is 63.8 Å². The van der Waals surface area contributed by atoms with Crippen molar-refractivity contribution in [1.29, 1.82) is 0 Å². The van der Waals surface area contributed by atoms with E-state index >= 15 is 0 Å². The first-order chi connectivity index (χ1) is 12.2. The Labute approximate surface area is 140 Å². The summed E-state index contributed by atoms with van der Waals surface area (Å²) in [7, 11) is 0. The Morgan fingerprint density at radius 2 is 1.80 bits per heavy atom. The Hall–Kier alpha value is -3.62. The number of halogens is 1. The highest BCUT2D eigenvalue weighted by molar-refractivity contribution is 5.51. The topological polar surface area (TPSA) is 91.6 Å². The van der Waals surface area contributed by atoms with Gasteiger partial charge in [-0.1, -0.05) is 18.2 Å². The van der Waals surface area contributed by atoms with Crippen LogP contribution in [-0.2, 0) is 6.54 Å². The molecule has 0 saturated heterocycles.